The monoisotopic (exact) mass is 315 g/mol. The van der Waals surface area contributed by atoms with Gasteiger partial charge in [0, 0.05) is 31.2 Å². The van der Waals surface area contributed by atoms with Gasteiger partial charge in [0.25, 0.3) is 0 Å². The maximum Gasteiger partial charge on any atom is 0.207 e. The minimum absolute atomic E-state index is 0.606. The Bertz CT molecular complexity index is 802. The van der Waals surface area contributed by atoms with Gasteiger partial charge in [-0.1, -0.05) is 6.07 Å². The highest BCUT2D eigenvalue weighted by Crippen LogP contribution is 2.39. The molecule has 19 heavy (non-hydrogen) atoms. The number of rotatable bonds is 1. The van der Waals surface area contributed by atoms with E-state index in [1.165, 1.54) is 0 Å². The molecule has 0 spiro atoms. The molecule has 0 atom stereocenters. The van der Waals surface area contributed by atoms with Crippen molar-refractivity contribution >= 4 is 32.5 Å². The van der Waals surface area contributed by atoms with Crippen molar-refractivity contribution in [2.24, 2.45) is 14.1 Å². The zero-order chi connectivity index (χ0) is 13.6. The van der Waals surface area contributed by atoms with Gasteiger partial charge in [-0.15, -0.1) is 0 Å². The SMILES string of the molecule is [C-]#[N+]c1c(-c2c(Br)cnn2C)ccc2c1cnn2C. The van der Waals surface area contributed by atoms with E-state index in [4.69, 9.17) is 6.57 Å². The Morgan fingerprint density at radius 3 is 2.53 bits per heavy atom. The molecule has 1 aromatic carbocycles. The maximum atomic E-state index is 7.46. The topological polar surface area (TPSA) is 40.0 Å². The van der Waals surface area contributed by atoms with Gasteiger partial charge < -0.3 is 0 Å². The van der Waals surface area contributed by atoms with Crippen LogP contribution >= 0.6 is 15.9 Å². The highest BCUT2D eigenvalue weighted by molar-refractivity contribution is 9.10. The van der Waals surface area contributed by atoms with Crippen molar-refractivity contribution in [2.75, 3.05) is 0 Å². The van der Waals surface area contributed by atoms with Crippen LogP contribution in [-0.2, 0) is 14.1 Å². The minimum atomic E-state index is 0.606. The van der Waals surface area contributed by atoms with Crippen molar-refractivity contribution in [1.29, 1.82) is 0 Å². The number of hydrogen-bond acceptors (Lipinski definition) is 2. The van der Waals surface area contributed by atoms with E-state index in [1.807, 2.05) is 26.2 Å². The summed E-state index contributed by atoms with van der Waals surface area (Å²) in [5.74, 6) is 0. The number of nitrogens with zero attached hydrogens (tertiary/aromatic N) is 5. The molecule has 2 heterocycles. The van der Waals surface area contributed by atoms with E-state index in [1.54, 1.807) is 21.8 Å². The lowest BCUT2D eigenvalue weighted by Gasteiger charge is -2.07. The molecule has 94 valence electrons. The van der Waals surface area contributed by atoms with Gasteiger partial charge in [0.2, 0.25) is 5.69 Å². The Hall–Kier alpha value is -2.13. The molecular formula is C13H10BrN5. The Balaban J connectivity index is 2.40. The molecule has 0 saturated heterocycles. The van der Waals surface area contributed by atoms with Gasteiger partial charge in [-0.05, 0) is 22.0 Å². The summed E-state index contributed by atoms with van der Waals surface area (Å²) in [6, 6.07) is 3.92. The van der Waals surface area contributed by atoms with Crippen molar-refractivity contribution in [3.63, 3.8) is 0 Å². The molecule has 0 N–H and O–H groups in total. The van der Waals surface area contributed by atoms with E-state index in [0.29, 0.717) is 5.69 Å². The van der Waals surface area contributed by atoms with E-state index in [2.05, 4.69) is 31.0 Å². The van der Waals surface area contributed by atoms with Crippen molar-refractivity contribution < 1.29 is 0 Å². The van der Waals surface area contributed by atoms with Gasteiger partial charge in [0.1, 0.15) is 0 Å². The highest BCUT2D eigenvalue weighted by Gasteiger charge is 2.17. The van der Waals surface area contributed by atoms with Gasteiger partial charge in [-0.25, -0.2) is 4.85 Å². The van der Waals surface area contributed by atoms with Crippen LogP contribution in [0.3, 0.4) is 0 Å². The largest absolute Gasteiger partial charge is 0.269 e. The first-order chi connectivity index (χ1) is 9.13. The first-order valence-electron chi connectivity index (χ1n) is 5.63. The molecule has 0 fully saturated rings. The van der Waals surface area contributed by atoms with Gasteiger partial charge >= 0.3 is 0 Å². The fourth-order valence-electron chi connectivity index (χ4n) is 2.24. The van der Waals surface area contributed by atoms with E-state index >= 15 is 0 Å². The van der Waals surface area contributed by atoms with Crippen LogP contribution < -0.4 is 0 Å². The molecule has 0 amide bonds. The van der Waals surface area contributed by atoms with Crippen molar-refractivity contribution in [3.05, 3.63) is 40.4 Å². The third kappa shape index (κ3) is 1.66. The van der Waals surface area contributed by atoms with Crippen molar-refractivity contribution in [2.45, 2.75) is 0 Å². The number of aryl methyl sites for hydroxylation is 2. The minimum Gasteiger partial charge on any atom is -0.269 e. The third-order valence-corrected chi connectivity index (χ3v) is 3.74. The molecule has 0 unspecified atom stereocenters. The van der Waals surface area contributed by atoms with Gasteiger partial charge in [-0.2, -0.15) is 10.2 Å². The fraction of sp³-hybridized carbons (Fsp3) is 0.154. The maximum absolute atomic E-state index is 7.46. The third-order valence-electron chi connectivity index (χ3n) is 3.16. The quantitative estimate of drug-likeness (QED) is 0.646. The first-order valence-corrected chi connectivity index (χ1v) is 6.43. The Labute approximate surface area is 118 Å². The summed E-state index contributed by atoms with van der Waals surface area (Å²) < 4.78 is 4.41. The second-order valence-corrected chi connectivity index (χ2v) is 5.09. The lowest BCUT2D eigenvalue weighted by Crippen LogP contribution is -1.94. The second kappa shape index (κ2) is 4.21. The average molecular weight is 316 g/mol. The number of fused-ring (bicyclic) bond motifs is 1. The van der Waals surface area contributed by atoms with Crippen molar-refractivity contribution in [1.82, 2.24) is 19.6 Å². The average Bonchev–Trinajstić information content (AvgIpc) is 2.93. The molecule has 5 nitrogen and oxygen atoms in total. The molecular weight excluding hydrogens is 306 g/mol. The molecule has 0 bridgehead atoms. The van der Waals surface area contributed by atoms with E-state index in [0.717, 1.165) is 26.6 Å². The normalized spacial score (nSPS) is 10.8. The number of halogens is 1. The predicted octanol–water partition coefficient (Wildman–Crippen LogP) is 3.29. The molecule has 3 aromatic rings. The van der Waals surface area contributed by atoms with E-state index in [9.17, 15) is 0 Å². The smallest absolute Gasteiger partial charge is 0.207 e. The lowest BCUT2D eigenvalue weighted by atomic mass is 10.1. The molecule has 0 aliphatic rings. The van der Waals surface area contributed by atoms with Crippen LogP contribution in [0.5, 0.6) is 0 Å². The molecule has 3 rings (SSSR count). The first kappa shape index (κ1) is 11.9. The van der Waals surface area contributed by atoms with Gasteiger partial charge in [0.05, 0.1) is 28.5 Å². The molecule has 2 aromatic heterocycles. The second-order valence-electron chi connectivity index (χ2n) is 4.24. The van der Waals surface area contributed by atoms with Crippen LogP contribution in [0.4, 0.5) is 5.69 Å². The van der Waals surface area contributed by atoms with E-state index in [-0.39, 0.29) is 0 Å². The fourth-order valence-corrected chi connectivity index (χ4v) is 2.80. The lowest BCUT2D eigenvalue weighted by molar-refractivity contribution is 0.776. The molecule has 0 saturated carbocycles. The number of hydrogen-bond donors (Lipinski definition) is 0. The van der Waals surface area contributed by atoms with E-state index < -0.39 is 0 Å². The van der Waals surface area contributed by atoms with Crippen LogP contribution in [0.2, 0.25) is 0 Å². The Kier molecular flexibility index (Phi) is 2.64. The summed E-state index contributed by atoms with van der Waals surface area (Å²) in [5, 5.41) is 9.27. The molecule has 0 aliphatic heterocycles. The summed E-state index contributed by atoms with van der Waals surface area (Å²) >= 11 is 3.48. The Morgan fingerprint density at radius 2 is 1.89 bits per heavy atom. The highest BCUT2D eigenvalue weighted by atomic mass is 79.9. The molecule has 0 aliphatic carbocycles. The van der Waals surface area contributed by atoms with Crippen LogP contribution in [0.15, 0.2) is 29.0 Å². The van der Waals surface area contributed by atoms with Gasteiger partial charge in [0.15, 0.2) is 0 Å². The van der Waals surface area contributed by atoms with Crippen LogP contribution in [0, 0.1) is 6.57 Å². The van der Waals surface area contributed by atoms with Gasteiger partial charge in [-0.3, -0.25) is 9.36 Å². The summed E-state index contributed by atoms with van der Waals surface area (Å²) in [6.45, 7) is 7.46. The molecule has 6 heteroatoms. The number of aromatic nitrogens is 4. The number of benzene rings is 1. The van der Waals surface area contributed by atoms with Crippen LogP contribution in [0.25, 0.3) is 27.0 Å². The zero-order valence-electron chi connectivity index (χ0n) is 10.4. The summed E-state index contributed by atoms with van der Waals surface area (Å²) in [4.78, 5) is 3.68. The van der Waals surface area contributed by atoms with Crippen LogP contribution in [0.1, 0.15) is 0 Å². The molecule has 0 radical (unpaired) electrons. The zero-order valence-corrected chi connectivity index (χ0v) is 12.0. The summed E-state index contributed by atoms with van der Waals surface area (Å²) in [5.41, 5.74) is 3.32. The standard InChI is InChI=1S/C13H10BrN5/c1-15-12-8(13-10(14)7-17-19(13)3)4-5-11-9(12)6-16-18(11)2/h4-7H,2-3H3. The van der Waals surface area contributed by atoms with Crippen molar-refractivity contribution in [3.8, 4) is 11.3 Å². The summed E-state index contributed by atoms with van der Waals surface area (Å²) in [7, 11) is 3.73. The van der Waals surface area contributed by atoms with Crippen LogP contribution in [-0.4, -0.2) is 19.6 Å². The predicted molar refractivity (Wildman–Crippen MR) is 76.9 cm³/mol. The Morgan fingerprint density at radius 1 is 1.16 bits per heavy atom. The summed E-state index contributed by atoms with van der Waals surface area (Å²) in [6.07, 6.45) is 3.47.